The normalized spacial score (nSPS) is 26.5. The molecule has 204 valence electrons. The quantitative estimate of drug-likeness (QED) is 0.192. The summed E-state index contributed by atoms with van der Waals surface area (Å²) in [5.74, 6) is 4.35. The molecule has 4 saturated carbocycles. The molecule has 6 heteroatoms. The van der Waals surface area contributed by atoms with Gasteiger partial charge in [-0.1, -0.05) is 24.3 Å². The first-order valence-corrected chi connectivity index (χ1v) is 14.2. The molecule has 0 atom stereocenters. The van der Waals surface area contributed by atoms with Crippen molar-refractivity contribution < 1.29 is 9.47 Å². The van der Waals surface area contributed by atoms with Crippen LogP contribution in [0.2, 0.25) is 0 Å². The van der Waals surface area contributed by atoms with Crippen molar-refractivity contribution in [1.82, 2.24) is 0 Å². The standard InChI is InChI=1S/C34H36N4O2/c35-25-5-11-31(29(37)14-25)39-27-7-1-23(2-8-27)33-16-21-13-22(17-33)19-34(18-21,20-33)24-3-9-28(10-4-24)40-32-12-6-26(36)15-30(32)38/h1-12,14-15,21-22H,13,16-20,35-38H2. The van der Waals surface area contributed by atoms with E-state index in [0.717, 1.165) is 23.3 Å². The highest BCUT2D eigenvalue weighted by atomic mass is 16.5. The van der Waals surface area contributed by atoms with Crippen molar-refractivity contribution in [3.05, 3.63) is 96.1 Å². The van der Waals surface area contributed by atoms with Gasteiger partial charge in [0.25, 0.3) is 0 Å². The Hall–Kier alpha value is -4.32. The third-order valence-electron chi connectivity index (χ3n) is 9.52. The highest BCUT2D eigenvalue weighted by Crippen LogP contribution is 2.66. The van der Waals surface area contributed by atoms with Gasteiger partial charge in [-0.2, -0.15) is 0 Å². The molecule has 0 saturated heterocycles. The van der Waals surface area contributed by atoms with Crippen LogP contribution in [0.15, 0.2) is 84.9 Å². The monoisotopic (exact) mass is 532 g/mol. The number of nitrogens with two attached hydrogens (primary N) is 4. The number of benzene rings is 4. The average Bonchev–Trinajstić information content (AvgIpc) is 2.92. The lowest BCUT2D eigenvalue weighted by Crippen LogP contribution is -2.55. The number of nitrogen functional groups attached to an aromatic ring is 4. The third kappa shape index (κ3) is 4.28. The van der Waals surface area contributed by atoms with Crippen molar-refractivity contribution in [2.24, 2.45) is 11.8 Å². The molecule has 0 aromatic heterocycles. The number of anilines is 4. The van der Waals surface area contributed by atoms with Crippen LogP contribution in [0.4, 0.5) is 22.7 Å². The third-order valence-corrected chi connectivity index (χ3v) is 9.52. The summed E-state index contributed by atoms with van der Waals surface area (Å²) >= 11 is 0. The number of ether oxygens (including phenoxy) is 2. The maximum atomic E-state index is 6.11. The fourth-order valence-corrected chi connectivity index (χ4v) is 8.26. The Bertz CT molecular complexity index is 1440. The lowest BCUT2D eigenvalue weighted by molar-refractivity contribution is -0.0281. The molecule has 6 nitrogen and oxygen atoms in total. The summed E-state index contributed by atoms with van der Waals surface area (Å²) in [6.07, 6.45) is 7.63. The number of rotatable bonds is 6. The van der Waals surface area contributed by atoms with E-state index in [1.54, 1.807) is 24.3 Å². The van der Waals surface area contributed by atoms with E-state index in [0.29, 0.717) is 34.2 Å². The zero-order chi connectivity index (χ0) is 27.5. The zero-order valence-electron chi connectivity index (χ0n) is 22.6. The van der Waals surface area contributed by atoms with Gasteiger partial charge in [-0.3, -0.25) is 0 Å². The molecule has 0 spiro atoms. The number of hydrogen-bond acceptors (Lipinski definition) is 6. The minimum atomic E-state index is 0.205. The maximum absolute atomic E-state index is 6.11. The predicted octanol–water partition coefficient (Wildman–Crippen LogP) is 7.39. The van der Waals surface area contributed by atoms with E-state index >= 15 is 0 Å². The van der Waals surface area contributed by atoms with E-state index < -0.39 is 0 Å². The molecule has 40 heavy (non-hydrogen) atoms. The molecule has 4 aromatic rings. The second-order valence-corrected chi connectivity index (χ2v) is 12.4. The summed E-state index contributed by atoms with van der Waals surface area (Å²) in [5, 5.41) is 0. The molecule has 4 aliphatic rings. The Labute approximate surface area is 235 Å². The summed E-state index contributed by atoms with van der Waals surface area (Å²) in [5.41, 5.74) is 29.5. The van der Waals surface area contributed by atoms with Crippen LogP contribution in [0.3, 0.4) is 0 Å². The SMILES string of the molecule is Nc1ccc(Oc2ccc(C34CC5CC(C3)CC(c3ccc(Oc6ccc(N)cc6N)cc3)(C5)C4)cc2)c(N)c1. The first-order chi connectivity index (χ1) is 19.3. The molecular formula is C34H36N4O2. The first kappa shape index (κ1) is 24.7. The molecule has 8 N–H and O–H groups in total. The summed E-state index contributed by atoms with van der Waals surface area (Å²) < 4.78 is 12.2. The van der Waals surface area contributed by atoms with Crippen molar-refractivity contribution in [3.8, 4) is 23.0 Å². The van der Waals surface area contributed by atoms with E-state index in [9.17, 15) is 0 Å². The van der Waals surface area contributed by atoms with E-state index in [1.807, 2.05) is 12.1 Å². The molecule has 0 amide bonds. The molecule has 0 heterocycles. The van der Waals surface area contributed by atoms with Gasteiger partial charge in [-0.25, -0.2) is 0 Å². The lowest BCUT2D eigenvalue weighted by Gasteiger charge is -2.62. The van der Waals surface area contributed by atoms with Crippen molar-refractivity contribution in [2.75, 3.05) is 22.9 Å². The first-order valence-electron chi connectivity index (χ1n) is 14.2. The van der Waals surface area contributed by atoms with Gasteiger partial charge < -0.3 is 32.4 Å². The van der Waals surface area contributed by atoms with E-state index in [2.05, 4.69) is 48.5 Å². The van der Waals surface area contributed by atoms with E-state index in [-0.39, 0.29) is 10.8 Å². The van der Waals surface area contributed by atoms with E-state index in [4.69, 9.17) is 32.4 Å². The van der Waals surface area contributed by atoms with Gasteiger partial charge in [-0.05, 0) is 133 Å². The minimum absolute atomic E-state index is 0.205. The van der Waals surface area contributed by atoms with Crippen LogP contribution in [-0.4, -0.2) is 0 Å². The van der Waals surface area contributed by atoms with Gasteiger partial charge in [-0.15, -0.1) is 0 Å². The van der Waals surface area contributed by atoms with Crippen LogP contribution < -0.4 is 32.4 Å². The average molecular weight is 533 g/mol. The van der Waals surface area contributed by atoms with Crippen LogP contribution in [0.5, 0.6) is 23.0 Å². The van der Waals surface area contributed by atoms with Crippen molar-refractivity contribution in [3.63, 3.8) is 0 Å². The van der Waals surface area contributed by atoms with Gasteiger partial charge in [0, 0.05) is 11.4 Å². The van der Waals surface area contributed by atoms with Crippen LogP contribution in [-0.2, 0) is 10.8 Å². The molecule has 4 aliphatic carbocycles. The molecule has 4 fully saturated rings. The van der Waals surface area contributed by atoms with Crippen molar-refractivity contribution in [1.29, 1.82) is 0 Å². The fourth-order valence-electron chi connectivity index (χ4n) is 8.26. The largest absolute Gasteiger partial charge is 0.455 e. The lowest BCUT2D eigenvalue weighted by atomic mass is 9.42. The maximum Gasteiger partial charge on any atom is 0.150 e. The van der Waals surface area contributed by atoms with Crippen LogP contribution >= 0.6 is 0 Å². The molecule has 8 rings (SSSR count). The smallest absolute Gasteiger partial charge is 0.150 e. The van der Waals surface area contributed by atoms with Gasteiger partial charge in [0.05, 0.1) is 11.4 Å². The van der Waals surface area contributed by atoms with Gasteiger partial charge in [0.2, 0.25) is 0 Å². The highest BCUT2D eigenvalue weighted by molar-refractivity contribution is 5.62. The van der Waals surface area contributed by atoms with Crippen LogP contribution in [0, 0.1) is 11.8 Å². The molecule has 4 aromatic carbocycles. The summed E-state index contributed by atoms with van der Waals surface area (Å²) in [6.45, 7) is 0. The Balaban J connectivity index is 1.13. The predicted molar refractivity (Wildman–Crippen MR) is 162 cm³/mol. The van der Waals surface area contributed by atoms with Crippen LogP contribution in [0.25, 0.3) is 0 Å². The summed E-state index contributed by atoms with van der Waals surface area (Å²) in [6, 6.07) is 28.2. The molecule has 0 unspecified atom stereocenters. The van der Waals surface area contributed by atoms with Gasteiger partial charge in [0.1, 0.15) is 23.0 Å². The Morgan fingerprint density at radius 2 is 0.925 bits per heavy atom. The van der Waals surface area contributed by atoms with Crippen LogP contribution in [0.1, 0.15) is 49.7 Å². The molecule has 0 radical (unpaired) electrons. The second-order valence-electron chi connectivity index (χ2n) is 12.4. The minimum Gasteiger partial charge on any atom is -0.455 e. The zero-order valence-corrected chi connectivity index (χ0v) is 22.6. The topological polar surface area (TPSA) is 123 Å². The Kier molecular flexibility index (Phi) is 5.63. The summed E-state index contributed by atoms with van der Waals surface area (Å²) in [4.78, 5) is 0. The van der Waals surface area contributed by atoms with Gasteiger partial charge >= 0.3 is 0 Å². The molecule has 4 bridgehead atoms. The highest BCUT2D eigenvalue weighted by Gasteiger charge is 2.58. The number of hydrogen-bond donors (Lipinski definition) is 4. The van der Waals surface area contributed by atoms with Crippen molar-refractivity contribution >= 4 is 22.7 Å². The molecular weight excluding hydrogens is 496 g/mol. The fraction of sp³-hybridized carbons (Fsp3) is 0.294. The van der Waals surface area contributed by atoms with Crippen molar-refractivity contribution in [2.45, 2.75) is 49.4 Å². The van der Waals surface area contributed by atoms with E-state index in [1.165, 1.54) is 49.7 Å². The summed E-state index contributed by atoms with van der Waals surface area (Å²) in [7, 11) is 0. The molecule has 0 aliphatic heterocycles. The van der Waals surface area contributed by atoms with Gasteiger partial charge in [0.15, 0.2) is 0 Å². The Morgan fingerprint density at radius 1 is 0.525 bits per heavy atom. The Morgan fingerprint density at radius 3 is 1.30 bits per heavy atom. The second kappa shape index (κ2) is 9.12.